The van der Waals surface area contributed by atoms with E-state index in [1.807, 2.05) is 0 Å². The molecule has 8 heteroatoms. The average Bonchev–Trinajstić information content (AvgIpc) is 2.93. The molecule has 1 unspecified atom stereocenters. The number of hydrogen-bond acceptors (Lipinski definition) is 4. The van der Waals surface area contributed by atoms with Crippen molar-refractivity contribution in [1.29, 1.82) is 0 Å². The number of pyridine rings is 1. The average molecular weight is 335 g/mol. The molecule has 0 aliphatic carbocycles. The van der Waals surface area contributed by atoms with Crippen LogP contribution in [-0.2, 0) is 9.59 Å². The van der Waals surface area contributed by atoms with Crippen LogP contribution >= 0.6 is 24.8 Å². The van der Waals surface area contributed by atoms with E-state index < -0.39 is 0 Å². The van der Waals surface area contributed by atoms with E-state index >= 15 is 0 Å². The van der Waals surface area contributed by atoms with Crippen molar-refractivity contribution in [3.8, 4) is 0 Å². The van der Waals surface area contributed by atoms with E-state index in [2.05, 4.69) is 20.9 Å². The SMILES string of the molecule is Cl.Cl.O=C(CCNC(=O)C1CCCN1)Nc1ccncc1. The number of carbonyl (C=O) groups excluding carboxylic acids is 2. The van der Waals surface area contributed by atoms with E-state index in [1.165, 1.54) is 0 Å². The first-order valence-corrected chi connectivity index (χ1v) is 6.46. The number of amides is 2. The Balaban J connectivity index is 0.00000200. The molecule has 6 nitrogen and oxygen atoms in total. The zero-order chi connectivity index (χ0) is 13.5. The van der Waals surface area contributed by atoms with E-state index in [0.717, 1.165) is 19.4 Å². The van der Waals surface area contributed by atoms with Crippen molar-refractivity contribution >= 4 is 42.3 Å². The van der Waals surface area contributed by atoms with E-state index in [0.29, 0.717) is 12.2 Å². The molecule has 3 N–H and O–H groups in total. The number of halogens is 2. The largest absolute Gasteiger partial charge is 0.354 e. The van der Waals surface area contributed by atoms with Crippen LogP contribution < -0.4 is 16.0 Å². The number of rotatable bonds is 5. The summed E-state index contributed by atoms with van der Waals surface area (Å²) in [5.74, 6) is -0.139. The second-order valence-electron chi connectivity index (χ2n) is 4.47. The Morgan fingerprint density at radius 3 is 2.62 bits per heavy atom. The summed E-state index contributed by atoms with van der Waals surface area (Å²) in [7, 11) is 0. The van der Waals surface area contributed by atoms with Crippen LogP contribution in [0.5, 0.6) is 0 Å². The summed E-state index contributed by atoms with van der Waals surface area (Å²) in [6.45, 7) is 1.24. The lowest BCUT2D eigenvalue weighted by Gasteiger charge is -2.10. The predicted molar refractivity (Wildman–Crippen MR) is 86.0 cm³/mol. The Labute approximate surface area is 136 Å². The highest BCUT2D eigenvalue weighted by atomic mass is 35.5. The lowest BCUT2D eigenvalue weighted by molar-refractivity contribution is -0.122. The third-order valence-electron chi connectivity index (χ3n) is 2.99. The second kappa shape index (κ2) is 10.4. The molecule has 2 heterocycles. The molecule has 1 aromatic rings. The van der Waals surface area contributed by atoms with Crippen molar-refractivity contribution in [2.24, 2.45) is 0 Å². The van der Waals surface area contributed by atoms with Gasteiger partial charge in [0, 0.05) is 31.0 Å². The second-order valence-corrected chi connectivity index (χ2v) is 4.47. The van der Waals surface area contributed by atoms with Crippen molar-refractivity contribution in [3.05, 3.63) is 24.5 Å². The molecule has 1 saturated heterocycles. The fourth-order valence-corrected chi connectivity index (χ4v) is 1.99. The number of carbonyl (C=O) groups is 2. The molecule has 1 aliphatic rings. The summed E-state index contributed by atoms with van der Waals surface area (Å²) in [5.41, 5.74) is 0.712. The van der Waals surface area contributed by atoms with Gasteiger partial charge < -0.3 is 16.0 Å². The van der Waals surface area contributed by atoms with Crippen LogP contribution in [0.15, 0.2) is 24.5 Å². The molecule has 2 rings (SSSR count). The standard InChI is InChI=1S/C13H18N4O2.2ClH/c18-12(17-10-3-7-14-8-4-10)5-9-16-13(19)11-2-1-6-15-11;;/h3-4,7-8,11,15H,1-2,5-6,9H2,(H,16,19)(H,14,17,18);2*1H. The van der Waals surface area contributed by atoms with Crippen molar-refractivity contribution in [2.45, 2.75) is 25.3 Å². The molecule has 0 bridgehead atoms. The van der Waals surface area contributed by atoms with Crippen LogP contribution in [0.4, 0.5) is 5.69 Å². The van der Waals surface area contributed by atoms with Crippen LogP contribution in [-0.4, -0.2) is 35.9 Å². The van der Waals surface area contributed by atoms with E-state index in [9.17, 15) is 9.59 Å². The van der Waals surface area contributed by atoms with Crippen molar-refractivity contribution < 1.29 is 9.59 Å². The summed E-state index contributed by atoms with van der Waals surface area (Å²) >= 11 is 0. The highest BCUT2D eigenvalue weighted by molar-refractivity contribution is 5.91. The van der Waals surface area contributed by atoms with Crippen LogP contribution in [0.1, 0.15) is 19.3 Å². The van der Waals surface area contributed by atoms with Crippen LogP contribution in [0.3, 0.4) is 0 Å². The fourth-order valence-electron chi connectivity index (χ4n) is 1.99. The summed E-state index contributed by atoms with van der Waals surface area (Å²) < 4.78 is 0. The molecule has 21 heavy (non-hydrogen) atoms. The van der Waals surface area contributed by atoms with Gasteiger partial charge in [-0.1, -0.05) is 0 Å². The topological polar surface area (TPSA) is 83.1 Å². The van der Waals surface area contributed by atoms with Gasteiger partial charge in [0.1, 0.15) is 0 Å². The van der Waals surface area contributed by atoms with Crippen LogP contribution in [0.25, 0.3) is 0 Å². The Kier molecular flexibility index (Phi) is 9.69. The van der Waals surface area contributed by atoms with Crippen molar-refractivity contribution in [1.82, 2.24) is 15.6 Å². The first-order chi connectivity index (χ1) is 9.25. The maximum atomic E-state index is 11.7. The molecule has 0 saturated carbocycles. The first kappa shape index (κ1) is 19.6. The molecular formula is C13H20Cl2N4O2. The van der Waals surface area contributed by atoms with Crippen molar-refractivity contribution in [3.63, 3.8) is 0 Å². The highest BCUT2D eigenvalue weighted by Gasteiger charge is 2.21. The summed E-state index contributed by atoms with van der Waals surface area (Å²) in [6, 6.07) is 3.35. The normalized spacial score (nSPS) is 16.3. The van der Waals surface area contributed by atoms with Gasteiger partial charge in [0.2, 0.25) is 11.8 Å². The molecule has 0 aromatic carbocycles. The molecular weight excluding hydrogens is 315 g/mol. The quantitative estimate of drug-likeness (QED) is 0.753. The lowest BCUT2D eigenvalue weighted by Crippen LogP contribution is -2.41. The van der Waals surface area contributed by atoms with Gasteiger partial charge in [-0.2, -0.15) is 0 Å². The molecule has 0 spiro atoms. The number of aromatic nitrogens is 1. The Bertz CT molecular complexity index is 439. The minimum atomic E-state index is -0.120. The van der Waals surface area contributed by atoms with Gasteiger partial charge in [-0.15, -0.1) is 24.8 Å². The van der Waals surface area contributed by atoms with Crippen LogP contribution in [0.2, 0.25) is 0 Å². The van der Waals surface area contributed by atoms with Gasteiger partial charge in [-0.3, -0.25) is 14.6 Å². The summed E-state index contributed by atoms with van der Waals surface area (Å²) in [5, 5.41) is 8.62. The van der Waals surface area contributed by atoms with Gasteiger partial charge in [-0.25, -0.2) is 0 Å². The minimum Gasteiger partial charge on any atom is -0.354 e. The highest BCUT2D eigenvalue weighted by Crippen LogP contribution is 2.05. The maximum absolute atomic E-state index is 11.7. The van der Waals surface area contributed by atoms with E-state index in [4.69, 9.17) is 0 Å². The van der Waals surface area contributed by atoms with Gasteiger partial charge in [0.25, 0.3) is 0 Å². The predicted octanol–water partition coefficient (Wildman–Crippen LogP) is 1.12. The van der Waals surface area contributed by atoms with Crippen LogP contribution in [0, 0.1) is 0 Å². The number of nitrogens with zero attached hydrogens (tertiary/aromatic N) is 1. The Morgan fingerprint density at radius 2 is 2.00 bits per heavy atom. The fraction of sp³-hybridized carbons (Fsp3) is 0.462. The zero-order valence-corrected chi connectivity index (χ0v) is 13.1. The maximum Gasteiger partial charge on any atom is 0.237 e. The summed E-state index contributed by atoms with van der Waals surface area (Å²) in [4.78, 5) is 27.2. The monoisotopic (exact) mass is 334 g/mol. The number of hydrogen-bond donors (Lipinski definition) is 3. The van der Waals surface area contributed by atoms with E-state index in [-0.39, 0.29) is 49.1 Å². The molecule has 2 amide bonds. The molecule has 118 valence electrons. The Morgan fingerprint density at radius 1 is 1.29 bits per heavy atom. The van der Waals surface area contributed by atoms with Gasteiger partial charge in [-0.05, 0) is 31.5 Å². The molecule has 0 radical (unpaired) electrons. The van der Waals surface area contributed by atoms with Gasteiger partial charge in [0.05, 0.1) is 6.04 Å². The minimum absolute atomic E-state index is 0. The summed E-state index contributed by atoms with van der Waals surface area (Å²) in [6.07, 6.45) is 5.39. The third kappa shape index (κ3) is 6.75. The van der Waals surface area contributed by atoms with Crippen molar-refractivity contribution in [2.75, 3.05) is 18.4 Å². The zero-order valence-electron chi connectivity index (χ0n) is 11.5. The van der Waals surface area contributed by atoms with Gasteiger partial charge >= 0.3 is 0 Å². The first-order valence-electron chi connectivity index (χ1n) is 6.46. The molecule has 1 aliphatic heterocycles. The number of nitrogens with one attached hydrogen (secondary N) is 3. The third-order valence-corrected chi connectivity index (χ3v) is 2.99. The van der Waals surface area contributed by atoms with E-state index in [1.54, 1.807) is 24.5 Å². The Hall–Kier alpha value is -1.37. The molecule has 1 fully saturated rings. The lowest BCUT2D eigenvalue weighted by atomic mass is 10.2. The smallest absolute Gasteiger partial charge is 0.237 e. The van der Waals surface area contributed by atoms with Gasteiger partial charge in [0.15, 0.2) is 0 Å². The molecule has 1 atom stereocenters. The molecule has 1 aromatic heterocycles. The number of anilines is 1.